The Hall–Kier alpha value is -0.930. The van der Waals surface area contributed by atoms with E-state index in [2.05, 4.69) is 41.2 Å². The molecule has 1 aliphatic heterocycles. The second kappa shape index (κ2) is 6.45. The first-order chi connectivity index (χ1) is 10.2. The first-order valence-electron chi connectivity index (χ1n) is 8.57. The van der Waals surface area contributed by atoms with Gasteiger partial charge in [-0.05, 0) is 30.4 Å². The van der Waals surface area contributed by atoms with Crippen molar-refractivity contribution in [1.82, 2.24) is 15.2 Å². The smallest absolute Gasteiger partial charge is 0.0312 e. The zero-order chi connectivity index (χ0) is 14.7. The molecule has 0 bridgehead atoms. The number of nitrogens with one attached hydrogen (secondary N) is 1. The van der Waals surface area contributed by atoms with Gasteiger partial charge in [0, 0.05) is 43.6 Å². The Balaban J connectivity index is 1.75. The van der Waals surface area contributed by atoms with Crippen LogP contribution in [0.1, 0.15) is 51.5 Å². The van der Waals surface area contributed by atoms with Gasteiger partial charge < -0.3 is 5.32 Å². The number of nitrogens with zero attached hydrogens (tertiary/aromatic N) is 2. The van der Waals surface area contributed by atoms with Crippen LogP contribution in [-0.2, 0) is 6.54 Å². The fourth-order valence-electron chi connectivity index (χ4n) is 4.13. The molecule has 1 aromatic rings. The molecule has 3 rings (SSSR count). The summed E-state index contributed by atoms with van der Waals surface area (Å²) in [4.78, 5) is 6.99. The minimum atomic E-state index is 0.381. The van der Waals surface area contributed by atoms with Crippen molar-refractivity contribution < 1.29 is 0 Å². The standard InChI is InChI=1S/C18H29N3/c1-15(2)17-12-20-18(8-4-3-5-9-18)14-21(17)13-16-7-6-10-19-11-16/h6-7,10-11,15,17,20H,3-5,8-9,12-14H2,1-2H3. The predicted molar refractivity (Wildman–Crippen MR) is 87.1 cm³/mol. The average Bonchev–Trinajstić information content (AvgIpc) is 2.49. The molecule has 0 amide bonds. The van der Waals surface area contributed by atoms with Crippen LogP contribution in [-0.4, -0.2) is 34.6 Å². The molecule has 21 heavy (non-hydrogen) atoms. The number of rotatable bonds is 3. The molecule has 0 radical (unpaired) electrons. The molecule has 1 aromatic heterocycles. The zero-order valence-electron chi connectivity index (χ0n) is 13.5. The summed E-state index contributed by atoms with van der Waals surface area (Å²) < 4.78 is 0. The summed E-state index contributed by atoms with van der Waals surface area (Å²) >= 11 is 0. The maximum absolute atomic E-state index is 4.28. The van der Waals surface area contributed by atoms with E-state index < -0.39 is 0 Å². The quantitative estimate of drug-likeness (QED) is 0.925. The van der Waals surface area contributed by atoms with Crippen LogP contribution in [0.4, 0.5) is 0 Å². The van der Waals surface area contributed by atoms with Gasteiger partial charge in [-0.15, -0.1) is 0 Å². The van der Waals surface area contributed by atoms with Crippen molar-refractivity contribution in [2.75, 3.05) is 13.1 Å². The van der Waals surface area contributed by atoms with Crippen LogP contribution in [0.2, 0.25) is 0 Å². The Kier molecular flexibility index (Phi) is 4.60. The summed E-state index contributed by atoms with van der Waals surface area (Å²) in [7, 11) is 0. The normalized spacial score (nSPS) is 26.3. The summed E-state index contributed by atoms with van der Waals surface area (Å²) in [6.45, 7) is 8.08. The van der Waals surface area contributed by atoms with Gasteiger partial charge in [-0.1, -0.05) is 39.2 Å². The molecule has 1 spiro atoms. The van der Waals surface area contributed by atoms with Gasteiger partial charge in [-0.2, -0.15) is 0 Å². The maximum Gasteiger partial charge on any atom is 0.0312 e. The van der Waals surface area contributed by atoms with E-state index in [1.54, 1.807) is 0 Å². The van der Waals surface area contributed by atoms with Crippen molar-refractivity contribution in [3.05, 3.63) is 30.1 Å². The molecule has 0 aromatic carbocycles. The van der Waals surface area contributed by atoms with E-state index in [0.29, 0.717) is 17.5 Å². The molecule has 1 saturated carbocycles. The molecule has 1 unspecified atom stereocenters. The Morgan fingerprint density at radius 3 is 2.81 bits per heavy atom. The van der Waals surface area contributed by atoms with Crippen LogP contribution in [0.15, 0.2) is 24.5 Å². The third-order valence-electron chi connectivity index (χ3n) is 5.35. The van der Waals surface area contributed by atoms with Gasteiger partial charge in [0.15, 0.2) is 0 Å². The van der Waals surface area contributed by atoms with E-state index in [0.717, 1.165) is 13.1 Å². The number of piperazine rings is 1. The maximum atomic E-state index is 4.28. The minimum absolute atomic E-state index is 0.381. The van der Waals surface area contributed by atoms with E-state index in [-0.39, 0.29) is 0 Å². The average molecular weight is 287 g/mol. The fraction of sp³-hybridized carbons (Fsp3) is 0.722. The third-order valence-corrected chi connectivity index (χ3v) is 5.35. The lowest BCUT2D eigenvalue weighted by molar-refractivity contribution is 0.0308. The summed E-state index contributed by atoms with van der Waals surface area (Å²) in [6.07, 6.45) is 10.8. The largest absolute Gasteiger partial charge is 0.308 e. The highest BCUT2D eigenvalue weighted by molar-refractivity contribution is 5.10. The lowest BCUT2D eigenvalue weighted by atomic mass is 9.78. The van der Waals surface area contributed by atoms with Gasteiger partial charge in [0.1, 0.15) is 0 Å². The highest BCUT2D eigenvalue weighted by Gasteiger charge is 2.40. The molecule has 2 aliphatic rings. The van der Waals surface area contributed by atoms with Crippen LogP contribution in [0.3, 0.4) is 0 Å². The molecular weight excluding hydrogens is 258 g/mol. The van der Waals surface area contributed by atoms with Crippen LogP contribution >= 0.6 is 0 Å². The van der Waals surface area contributed by atoms with E-state index >= 15 is 0 Å². The Bertz CT molecular complexity index is 437. The van der Waals surface area contributed by atoms with Crippen molar-refractivity contribution >= 4 is 0 Å². The third kappa shape index (κ3) is 3.46. The van der Waals surface area contributed by atoms with Crippen molar-refractivity contribution in [2.45, 2.75) is 64.1 Å². The summed E-state index contributed by atoms with van der Waals surface area (Å²) in [6, 6.07) is 4.90. The van der Waals surface area contributed by atoms with E-state index in [9.17, 15) is 0 Å². The van der Waals surface area contributed by atoms with E-state index in [1.807, 2.05) is 12.4 Å². The van der Waals surface area contributed by atoms with Gasteiger partial charge in [0.05, 0.1) is 0 Å². The molecule has 1 saturated heterocycles. The van der Waals surface area contributed by atoms with E-state index in [1.165, 1.54) is 44.2 Å². The van der Waals surface area contributed by atoms with Crippen molar-refractivity contribution in [3.8, 4) is 0 Å². The monoisotopic (exact) mass is 287 g/mol. The number of hydrogen-bond acceptors (Lipinski definition) is 3. The summed E-state index contributed by atoms with van der Waals surface area (Å²) in [5.41, 5.74) is 1.72. The van der Waals surface area contributed by atoms with E-state index in [4.69, 9.17) is 0 Å². The van der Waals surface area contributed by atoms with Crippen molar-refractivity contribution in [1.29, 1.82) is 0 Å². The highest BCUT2D eigenvalue weighted by atomic mass is 15.3. The molecular formula is C18H29N3. The Morgan fingerprint density at radius 1 is 1.33 bits per heavy atom. The molecule has 1 aliphatic carbocycles. The zero-order valence-corrected chi connectivity index (χ0v) is 13.5. The lowest BCUT2D eigenvalue weighted by Gasteiger charge is -2.51. The molecule has 3 nitrogen and oxygen atoms in total. The van der Waals surface area contributed by atoms with Crippen LogP contribution in [0.5, 0.6) is 0 Å². The second-order valence-corrected chi connectivity index (χ2v) is 7.30. The van der Waals surface area contributed by atoms with Crippen LogP contribution in [0, 0.1) is 5.92 Å². The van der Waals surface area contributed by atoms with Gasteiger partial charge in [-0.3, -0.25) is 9.88 Å². The lowest BCUT2D eigenvalue weighted by Crippen LogP contribution is -2.65. The van der Waals surface area contributed by atoms with Crippen molar-refractivity contribution in [3.63, 3.8) is 0 Å². The highest BCUT2D eigenvalue weighted by Crippen LogP contribution is 2.33. The Labute approximate surface area is 129 Å². The second-order valence-electron chi connectivity index (χ2n) is 7.30. The number of aromatic nitrogens is 1. The Morgan fingerprint density at radius 2 is 2.14 bits per heavy atom. The molecule has 2 heterocycles. The molecule has 116 valence electrons. The predicted octanol–water partition coefficient (Wildman–Crippen LogP) is 3.21. The topological polar surface area (TPSA) is 28.2 Å². The van der Waals surface area contributed by atoms with Gasteiger partial charge >= 0.3 is 0 Å². The SMILES string of the molecule is CC(C)C1CNC2(CCCCC2)CN1Cc1cccnc1. The van der Waals surface area contributed by atoms with Gasteiger partial charge in [-0.25, -0.2) is 0 Å². The summed E-state index contributed by atoms with van der Waals surface area (Å²) in [5, 5.41) is 3.92. The van der Waals surface area contributed by atoms with Gasteiger partial charge in [0.25, 0.3) is 0 Å². The number of hydrogen-bond donors (Lipinski definition) is 1. The first-order valence-corrected chi connectivity index (χ1v) is 8.57. The van der Waals surface area contributed by atoms with Crippen LogP contribution < -0.4 is 5.32 Å². The molecule has 2 fully saturated rings. The van der Waals surface area contributed by atoms with Crippen LogP contribution in [0.25, 0.3) is 0 Å². The minimum Gasteiger partial charge on any atom is -0.308 e. The number of pyridine rings is 1. The first kappa shape index (κ1) is 15.0. The summed E-state index contributed by atoms with van der Waals surface area (Å²) in [5.74, 6) is 0.690. The fourth-order valence-corrected chi connectivity index (χ4v) is 4.13. The molecule has 1 atom stereocenters. The molecule has 1 N–H and O–H groups in total. The van der Waals surface area contributed by atoms with Crippen molar-refractivity contribution in [2.24, 2.45) is 5.92 Å². The molecule has 3 heteroatoms. The van der Waals surface area contributed by atoms with Gasteiger partial charge in [0.2, 0.25) is 0 Å².